The molecular formula is C15H15NaO4. The van der Waals surface area contributed by atoms with Gasteiger partial charge in [-0.05, 0) is 25.5 Å². The largest absolute Gasteiger partial charge is 1.00 e. The molecule has 0 atom stereocenters. The van der Waals surface area contributed by atoms with Gasteiger partial charge in [0.2, 0.25) is 0 Å². The number of rotatable bonds is 5. The van der Waals surface area contributed by atoms with Crippen molar-refractivity contribution in [2.45, 2.75) is 13.8 Å². The van der Waals surface area contributed by atoms with Crippen molar-refractivity contribution in [1.29, 1.82) is 0 Å². The second kappa shape index (κ2) is 9.53. The summed E-state index contributed by atoms with van der Waals surface area (Å²) in [6.45, 7) is 3.68. The van der Waals surface area contributed by atoms with Crippen molar-refractivity contribution < 1.29 is 49.0 Å². The molecule has 1 aromatic rings. The van der Waals surface area contributed by atoms with E-state index in [0.717, 1.165) is 11.6 Å². The molecule has 1 rings (SSSR count). The molecule has 0 N–H and O–H groups in total. The van der Waals surface area contributed by atoms with E-state index in [1.807, 2.05) is 19.1 Å². The minimum Gasteiger partial charge on any atom is -0.872 e. The maximum Gasteiger partial charge on any atom is 1.00 e. The van der Waals surface area contributed by atoms with E-state index < -0.39 is 11.8 Å². The second-order valence-electron chi connectivity index (χ2n) is 3.84. The van der Waals surface area contributed by atoms with E-state index in [4.69, 9.17) is 0 Å². The maximum absolute atomic E-state index is 11.7. The first-order valence-corrected chi connectivity index (χ1v) is 5.88. The number of hydrogen-bond donors (Lipinski definition) is 0. The fourth-order valence-corrected chi connectivity index (χ4v) is 1.31. The first-order valence-electron chi connectivity index (χ1n) is 5.88. The average Bonchev–Trinajstić information content (AvgIpc) is 2.39. The molecule has 0 spiro atoms. The van der Waals surface area contributed by atoms with Crippen molar-refractivity contribution >= 4 is 17.5 Å². The molecule has 0 aliphatic heterocycles. The van der Waals surface area contributed by atoms with Gasteiger partial charge in [0.25, 0.3) is 5.78 Å². The van der Waals surface area contributed by atoms with Crippen molar-refractivity contribution in [2.75, 3.05) is 6.61 Å². The van der Waals surface area contributed by atoms with Gasteiger partial charge in [-0.3, -0.25) is 4.79 Å². The molecule has 4 nitrogen and oxygen atoms in total. The molecule has 0 fully saturated rings. The zero-order valence-corrected chi connectivity index (χ0v) is 13.9. The maximum atomic E-state index is 11.7. The standard InChI is InChI=1S/C15H16O4.Na/c1-3-19-15(18)14(17)6-4-5-13(16)12-9-7-11(2)8-10-12;/h4-10,16H,3H2,1-2H3;/q;+1/p-1/b6-4+,13-5-;. The van der Waals surface area contributed by atoms with Gasteiger partial charge in [-0.1, -0.05) is 42.0 Å². The van der Waals surface area contributed by atoms with Gasteiger partial charge in [-0.2, -0.15) is 0 Å². The summed E-state index contributed by atoms with van der Waals surface area (Å²) in [7, 11) is 0. The van der Waals surface area contributed by atoms with Crippen molar-refractivity contribution in [1.82, 2.24) is 0 Å². The Morgan fingerprint density at radius 2 is 1.85 bits per heavy atom. The van der Waals surface area contributed by atoms with Crippen LogP contribution in [0, 0.1) is 6.92 Å². The van der Waals surface area contributed by atoms with Crippen molar-refractivity contribution in [2.24, 2.45) is 0 Å². The molecule has 0 radical (unpaired) electrons. The van der Waals surface area contributed by atoms with Crippen LogP contribution in [0.5, 0.6) is 0 Å². The van der Waals surface area contributed by atoms with E-state index >= 15 is 0 Å². The van der Waals surface area contributed by atoms with Gasteiger partial charge in [0, 0.05) is 0 Å². The van der Waals surface area contributed by atoms with Crippen LogP contribution in [0.4, 0.5) is 0 Å². The molecular weight excluding hydrogens is 267 g/mol. The van der Waals surface area contributed by atoms with Gasteiger partial charge in [0.15, 0.2) is 0 Å². The Morgan fingerprint density at radius 3 is 2.40 bits per heavy atom. The SMILES string of the molecule is CCOC(=O)C(=O)/C=C/C=C(\[O-])c1ccc(C)cc1.[Na+]. The van der Waals surface area contributed by atoms with Crippen LogP contribution in [-0.2, 0) is 14.3 Å². The Labute approximate surface area is 140 Å². The Hall–Kier alpha value is -1.36. The minimum atomic E-state index is -0.921. The molecule has 0 amide bonds. The van der Waals surface area contributed by atoms with E-state index in [0.29, 0.717) is 5.56 Å². The van der Waals surface area contributed by atoms with E-state index in [2.05, 4.69) is 4.74 Å². The number of ketones is 1. The minimum absolute atomic E-state index is 0. The van der Waals surface area contributed by atoms with Gasteiger partial charge in [-0.25, -0.2) is 4.79 Å². The van der Waals surface area contributed by atoms with E-state index in [1.165, 1.54) is 12.2 Å². The first kappa shape index (κ1) is 18.6. The Balaban J connectivity index is 0.00000361. The number of allylic oxidation sites excluding steroid dienone is 2. The monoisotopic (exact) mass is 282 g/mol. The summed E-state index contributed by atoms with van der Waals surface area (Å²) in [6, 6.07) is 7.06. The summed E-state index contributed by atoms with van der Waals surface area (Å²) in [6.07, 6.45) is 3.51. The first-order chi connectivity index (χ1) is 9.04. The summed E-state index contributed by atoms with van der Waals surface area (Å²) in [4.78, 5) is 22.2. The Morgan fingerprint density at radius 1 is 1.25 bits per heavy atom. The fraction of sp³-hybridized carbons (Fsp3) is 0.200. The number of aryl methyl sites for hydroxylation is 1. The van der Waals surface area contributed by atoms with Gasteiger partial charge < -0.3 is 9.84 Å². The van der Waals surface area contributed by atoms with Gasteiger partial charge in [0.1, 0.15) is 0 Å². The number of ether oxygens (including phenoxy) is 1. The third kappa shape index (κ3) is 6.19. The molecule has 0 aliphatic carbocycles. The van der Waals surface area contributed by atoms with Crippen LogP contribution in [0.2, 0.25) is 0 Å². The average molecular weight is 282 g/mol. The van der Waals surface area contributed by atoms with E-state index in [9.17, 15) is 14.7 Å². The smallest absolute Gasteiger partial charge is 0.872 e. The zero-order chi connectivity index (χ0) is 14.3. The Bertz CT molecular complexity index is 515. The van der Waals surface area contributed by atoms with Gasteiger partial charge in [0.05, 0.1) is 6.61 Å². The summed E-state index contributed by atoms with van der Waals surface area (Å²) in [5, 5.41) is 11.7. The third-order valence-corrected chi connectivity index (χ3v) is 2.31. The summed E-state index contributed by atoms with van der Waals surface area (Å²) in [5.74, 6) is -1.93. The van der Waals surface area contributed by atoms with Gasteiger partial charge >= 0.3 is 35.5 Å². The van der Waals surface area contributed by atoms with E-state index in [1.54, 1.807) is 19.1 Å². The normalized spacial score (nSPS) is 11.0. The number of carbonyl (C=O) groups excluding carboxylic acids is 2. The Kier molecular flexibility index (Phi) is 8.88. The fourth-order valence-electron chi connectivity index (χ4n) is 1.31. The van der Waals surface area contributed by atoms with E-state index in [-0.39, 0.29) is 41.9 Å². The number of carbonyl (C=O) groups is 2. The molecule has 0 saturated heterocycles. The van der Waals surface area contributed by atoms with Crippen LogP contribution in [0.15, 0.2) is 42.5 Å². The van der Waals surface area contributed by atoms with Crippen LogP contribution in [0.3, 0.4) is 0 Å². The van der Waals surface area contributed by atoms with Gasteiger partial charge in [-0.15, -0.1) is 5.76 Å². The van der Waals surface area contributed by atoms with Crippen LogP contribution in [0.1, 0.15) is 18.1 Å². The number of benzene rings is 1. The van der Waals surface area contributed by atoms with Crippen molar-refractivity contribution in [3.8, 4) is 0 Å². The molecule has 0 bridgehead atoms. The molecule has 0 saturated carbocycles. The van der Waals surface area contributed by atoms with Crippen LogP contribution in [0.25, 0.3) is 5.76 Å². The molecule has 0 aromatic heterocycles. The predicted octanol–water partition coefficient (Wildman–Crippen LogP) is -1.61. The van der Waals surface area contributed by atoms with Crippen molar-refractivity contribution in [3.05, 3.63) is 53.6 Å². The molecule has 20 heavy (non-hydrogen) atoms. The van der Waals surface area contributed by atoms with Crippen molar-refractivity contribution in [3.63, 3.8) is 0 Å². The zero-order valence-electron chi connectivity index (χ0n) is 11.9. The molecule has 100 valence electrons. The topological polar surface area (TPSA) is 66.4 Å². The van der Waals surface area contributed by atoms with Crippen LogP contribution in [-0.4, -0.2) is 18.4 Å². The third-order valence-electron chi connectivity index (χ3n) is 2.31. The number of esters is 1. The molecule has 0 unspecified atom stereocenters. The molecule has 0 heterocycles. The molecule has 0 aliphatic rings. The van der Waals surface area contributed by atoms with Crippen LogP contribution < -0.4 is 34.7 Å². The second-order valence-corrected chi connectivity index (χ2v) is 3.84. The van der Waals surface area contributed by atoms with Crippen LogP contribution >= 0.6 is 0 Å². The summed E-state index contributed by atoms with van der Waals surface area (Å²) >= 11 is 0. The summed E-state index contributed by atoms with van der Waals surface area (Å²) in [5.41, 5.74) is 1.59. The predicted molar refractivity (Wildman–Crippen MR) is 69.9 cm³/mol. The quantitative estimate of drug-likeness (QED) is 0.163. The molecule has 5 heteroatoms. The number of hydrogen-bond acceptors (Lipinski definition) is 4. The molecule has 1 aromatic carbocycles. The summed E-state index contributed by atoms with van der Waals surface area (Å²) < 4.78 is 4.52.